The van der Waals surface area contributed by atoms with Crippen LogP contribution in [-0.2, 0) is 0 Å². The highest BCUT2D eigenvalue weighted by molar-refractivity contribution is 4.92. The number of rotatable bonds is 1. The van der Waals surface area contributed by atoms with Gasteiger partial charge in [0.1, 0.15) is 0 Å². The smallest absolute Gasteiger partial charge is 0.229 e. The van der Waals surface area contributed by atoms with Gasteiger partial charge in [-0.15, -0.1) is 0 Å². The van der Waals surface area contributed by atoms with Crippen LogP contribution >= 0.6 is 0 Å². The van der Waals surface area contributed by atoms with Crippen LogP contribution in [0.1, 0.15) is 75.4 Å². The van der Waals surface area contributed by atoms with Crippen molar-refractivity contribution < 1.29 is 4.52 Å². The summed E-state index contributed by atoms with van der Waals surface area (Å²) in [6, 6.07) is 0. The Morgan fingerprint density at radius 1 is 0.938 bits per heavy atom. The predicted octanol–water partition coefficient (Wildman–Crippen LogP) is 3.99. The minimum atomic E-state index is 0.513. The second-order valence-corrected chi connectivity index (χ2v) is 4.93. The molecule has 0 radical (unpaired) electrons. The van der Waals surface area contributed by atoms with Crippen molar-refractivity contribution in [2.45, 2.75) is 70.6 Å². The fourth-order valence-corrected chi connectivity index (χ4v) is 2.54. The van der Waals surface area contributed by atoms with Gasteiger partial charge in [0.2, 0.25) is 5.89 Å². The monoisotopic (exact) mass is 222 g/mol. The second kappa shape index (κ2) is 6.02. The highest BCUT2D eigenvalue weighted by atomic mass is 16.5. The van der Waals surface area contributed by atoms with Crippen LogP contribution in [0.3, 0.4) is 0 Å². The number of nitrogens with zero attached hydrogens (tertiary/aromatic N) is 2. The van der Waals surface area contributed by atoms with Crippen LogP contribution in [0.15, 0.2) is 4.52 Å². The molecule has 0 aliphatic heterocycles. The fourth-order valence-electron chi connectivity index (χ4n) is 2.54. The van der Waals surface area contributed by atoms with Gasteiger partial charge in [-0.05, 0) is 19.8 Å². The third-order valence-corrected chi connectivity index (χ3v) is 3.50. The van der Waals surface area contributed by atoms with E-state index in [1.165, 1.54) is 57.8 Å². The van der Waals surface area contributed by atoms with Crippen molar-refractivity contribution in [2.75, 3.05) is 0 Å². The maximum atomic E-state index is 5.31. The van der Waals surface area contributed by atoms with Crippen molar-refractivity contribution in [3.63, 3.8) is 0 Å². The van der Waals surface area contributed by atoms with Crippen molar-refractivity contribution in [1.82, 2.24) is 10.1 Å². The van der Waals surface area contributed by atoms with E-state index in [9.17, 15) is 0 Å². The first kappa shape index (κ1) is 11.6. The summed E-state index contributed by atoms with van der Waals surface area (Å²) >= 11 is 0. The van der Waals surface area contributed by atoms with E-state index in [0.717, 1.165) is 11.7 Å². The first-order valence-electron chi connectivity index (χ1n) is 6.66. The number of aromatic nitrogens is 2. The lowest BCUT2D eigenvalue weighted by molar-refractivity contribution is 0.325. The topological polar surface area (TPSA) is 38.9 Å². The van der Waals surface area contributed by atoms with Crippen LogP contribution in [0.2, 0.25) is 0 Å². The molecule has 0 aromatic carbocycles. The minimum absolute atomic E-state index is 0.513. The van der Waals surface area contributed by atoms with Crippen LogP contribution in [0.4, 0.5) is 0 Å². The molecule has 90 valence electrons. The molecule has 1 heterocycles. The molecule has 0 bridgehead atoms. The lowest BCUT2D eigenvalue weighted by Gasteiger charge is -2.14. The SMILES string of the molecule is Cc1noc(C2CCCCCCCCC2)n1. The molecular formula is C13H22N2O. The first-order valence-corrected chi connectivity index (χ1v) is 6.66. The van der Waals surface area contributed by atoms with E-state index in [2.05, 4.69) is 10.1 Å². The summed E-state index contributed by atoms with van der Waals surface area (Å²) in [7, 11) is 0. The quantitative estimate of drug-likeness (QED) is 0.721. The molecule has 0 spiro atoms. The van der Waals surface area contributed by atoms with Gasteiger partial charge >= 0.3 is 0 Å². The lowest BCUT2D eigenvalue weighted by Crippen LogP contribution is -2.01. The molecule has 16 heavy (non-hydrogen) atoms. The largest absolute Gasteiger partial charge is 0.339 e. The Kier molecular flexibility index (Phi) is 4.37. The third kappa shape index (κ3) is 3.32. The Morgan fingerprint density at radius 2 is 1.50 bits per heavy atom. The van der Waals surface area contributed by atoms with E-state index in [4.69, 9.17) is 4.52 Å². The van der Waals surface area contributed by atoms with Crippen LogP contribution in [0.25, 0.3) is 0 Å². The molecule has 2 rings (SSSR count). The normalized spacial score (nSPS) is 20.8. The van der Waals surface area contributed by atoms with E-state index in [1.54, 1.807) is 0 Å². The average molecular weight is 222 g/mol. The molecule has 0 N–H and O–H groups in total. The maximum absolute atomic E-state index is 5.31. The van der Waals surface area contributed by atoms with E-state index in [1.807, 2.05) is 6.92 Å². The number of hydrogen-bond acceptors (Lipinski definition) is 3. The van der Waals surface area contributed by atoms with E-state index in [0.29, 0.717) is 5.92 Å². The van der Waals surface area contributed by atoms with Gasteiger partial charge < -0.3 is 4.52 Å². The van der Waals surface area contributed by atoms with E-state index < -0.39 is 0 Å². The summed E-state index contributed by atoms with van der Waals surface area (Å²) in [5.74, 6) is 2.16. The zero-order valence-corrected chi connectivity index (χ0v) is 10.2. The van der Waals surface area contributed by atoms with Gasteiger partial charge in [-0.2, -0.15) is 4.98 Å². The predicted molar refractivity (Wildman–Crippen MR) is 63.3 cm³/mol. The van der Waals surface area contributed by atoms with Gasteiger partial charge in [-0.3, -0.25) is 0 Å². The zero-order chi connectivity index (χ0) is 11.2. The molecule has 1 aliphatic rings. The third-order valence-electron chi connectivity index (χ3n) is 3.50. The van der Waals surface area contributed by atoms with Gasteiger partial charge in [-0.1, -0.05) is 50.1 Å². The Bertz CT molecular complexity index is 299. The summed E-state index contributed by atoms with van der Waals surface area (Å²) in [5.41, 5.74) is 0. The van der Waals surface area contributed by atoms with Crippen molar-refractivity contribution in [3.8, 4) is 0 Å². The van der Waals surface area contributed by atoms with Gasteiger partial charge in [0.25, 0.3) is 0 Å². The molecule has 1 aliphatic carbocycles. The Balaban J connectivity index is 1.94. The molecular weight excluding hydrogens is 200 g/mol. The lowest BCUT2D eigenvalue weighted by atomic mass is 9.92. The van der Waals surface area contributed by atoms with Crippen molar-refractivity contribution in [3.05, 3.63) is 11.7 Å². The Hall–Kier alpha value is -0.860. The average Bonchev–Trinajstić information content (AvgIpc) is 2.72. The minimum Gasteiger partial charge on any atom is -0.339 e. The van der Waals surface area contributed by atoms with Crippen molar-refractivity contribution in [2.24, 2.45) is 0 Å². The van der Waals surface area contributed by atoms with E-state index >= 15 is 0 Å². The molecule has 3 nitrogen and oxygen atoms in total. The summed E-state index contributed by atoms with van der Waals surface area (Å²) in [5, 5.41) is 3.90. The maximum Gasteiger partial charge on any atom is 0.229 e. The molecule has 0 saturated heterocycles. The van der Waals surface area contributed by atoms with Crippen molar-refractivity contribution in [1.29, 1.82) is 0 Å². The van der Waals surface area contributed by atoms with Gasteiger partial charge in [-0.25, -0.2) is 0 Å². The molecule has 1 fully saturated rings. The molecule has 0 unspecified atom stereocenters. The summed E-state index contributed by atoms with van der Waals surface area (Å²) < 4.78 is 5.31. The van der Waals surface area contributed by atoms with Crippen LogP contribution in [0.5, 0.6) is 0 Å². The van der Waals surface area contributed by atoms with Gasteiger partial charge in [0, 0.05) is 5.92 Å². The summed E-state index contributed by atoms with van der Waals surface area (Å²) in [6.45, 7) is 1.90. The molecule has 1 saturated carbocycles. The van der Waals surface area contributed by atoms with Crippen molar-refractivity contribution >= 4 is 0 Å². The first-order chi connectivity index (χ1) is 7.86. The molecule has 0 amide bonds. The van der Waals surface area contributed by atoms with Crippen LogP contribution in [-0.4, -0.2) is 10.1 Å². The summed E-state index contributed by atoms with van der Waals surface area (Å²) in [4.78, 5) is 4.38. The van der Waals surface area contributed by atoms with Crippen LogP contribution < -0.4 is 0 Å². The molecule has 1 aromatic rings. The Morgan fingerprint density at radius 3 is 2.00 bits per heavy atom. The van der Waals surface area contributed by atoms with Gasteiger partial charge in [0.05, 0.1) is 0 Å². The number of hydrogen-bond donors (Lipinski definition) is 0. The zero-order valence-electron chi connectivity index (χ0n) is 10.2. The Labute approximate surface area is 97.6 Å². The second-order valence-electron chi connectivity index (χ2n) is 4.93. The molecule has 0 atom stereocenters. The molecule has 3 heteroatoms. The van der Waals surface area contributed by atoms with Gasteiger partial charge in [0.15, 0.2) is 5.82 Å². The highest BCUT2D eigenvalue weighted by Crippen LogP contribution is 2.28. The fraction of sp³-hybridized carbons (Fsp3) is 0.846. The van der Waals surface area contributed by atoms with Crippen LogP contribution in [0, 0.1) is 6.92 Å². The van der Waals surface area contributed by atoms with E-state index in [-0.39, 0.29) is 0 Å². The summed E-state index contributed by atoms with van der Waals surface area (Å²) in [6.07, 6.45) is 12.0. The highest BCUT2D eigenvalue weighted by Gasteiger charge is 2.18. The molecule has 1 aromatic heterocycles. The standard InChI is InChI=1S/C13H22N2O/c1-11-14-13(16-15-11)12-9-7-5-3-2-4-6-8-10-12/h12H,2-10H2,1H3. The number of aryl methyl sites for hydroxylation is 1.